The van der Waals surface area contributed by atoms with Gasteiger partial charge in [0.1, 0.15) is 24.7 Å². The van der Waals surface area contributed by atoms with Crippen LogP contribution in [0, 0.1) is 5.82 Å². The molecule has 0 unspecified atom stereocenters. The van der Waals surface area contributed by atoms with E-state index in [1.54, 1.807) is 18.2 Å². The molecule has 10 heteroatoms. The Kier molecular flexibility index (Phi) is 7.90. The van der Waals surface area contributed by atoms with E-state index in [-0.39, 0.29) is 15.6 Å². The highest BCUT2D eigenvalue weighted by atomic mass is 79.9. The van der Waals surface area contributed by atoms with Crippen LogP contribution >= 0.6 is 39.3 Å². The molecule has 1 N–H and O–H groups in total. The fourth-order valence-electron chi connectivity index (χ4n) is 3.19. The SMILES string of the molecule is O=C(CN1C(=O)S/C(=C\c2cc(Br)ccc2OCc2ccccc2)C1=O)Nc1ccc(F)c(Cl)c1. The van der Waals surface area contributed by atoms with Gasteiger partial charge in [-0.1, -0.05) is 57.9 Å². The number of carbonyl (C=O) groups excluding carboxylic acids is 3. The molecule has 3 amide bonds. The standard InChI is InChI=1S/C25H17BrClFN2O4S/c26-17-6-9-21(34-14-15-4-2-1-3-5-15)16(10-17)11-22-24(32)30(25(33)35-22)13-23(31)29-18-7-8-20(28)19(27)12-18/h1-12H,13-14H2,(H,29,31)/b22-11-. The van der Waals surface area contributed by atoms with E-state index in [1.165, 1.54) is 12.1 Å². The zero-order valence-corrected chi connectivity index (χ0v) is 21.1. The number of carbonyl (C=O) groups is 3. The molecule has 1 saturated heterocycles. The zero-order chi connectivity index (χ0) is 24.9. The normalized spacial score (nSPS) is 14.5. The monoisotopic (exact) mass is 574 g/mol. The minimum atomic E-state index is -0.625. The van der Waals surface area contributed by atoms with Crippen LogP contribution in [0.5, 0.6) is 5.75 Å². The van der Waals surface area contributed by atoms with Crippen LogP contribution in [-0.2, 0) is 16.2 Å². The summed E-state index contributed by atoms with van der Waals surface area (Å²) in [4.78, 5) is 38.8. The van der Waals surface area contributed by atoms with Gasteiger partial charge in [-0.15, -0.1) is 0 Å². The van der Waals surface area contributed by atoms with Crippen molar-refractivity contribution in [3.05, 3.63) is 98.1 Å². The Balaban J connectivity index is 1.47. The largest absolute Gasteiger partial charge is 0.488 e. The molecule has 1 heterocycles. The first-order chi connectivity index (χ1) is 16.8. The van der Waals surface area contributed by atoms with E-state index in [1.807, 2.05) is 36.4 Å². The number of thioether (sulfide) groups is 1. The van der Waals surface area contributed by atoms with E-state index in [0.29, 0.717) is 17.9 Å². The lowest BCUT2D eigenvalue weighted by Crippen LogP contribution is -2.36. The third-order valence-corrected chi connectivity index (χ3v) is 6.56. The Hall–Kier alpha value is -3.14. The predicted molar refractivity (Wildman–Crippen MR) is 138 cm³/mol. The highest BCUT2D eigenvalue weighted by molar-refractivity contribution is 9.10. The maximum absolute atomic E-state index is 13.3. The number of nitrogens with one attached hydrogen (secondary N) is 1. The molecule has 35 heavy (non-hydrogen) atoms. The number of benzene rings is 3. The van der Waals surface area contributed by atoms with Crippen LogP contribution in [0.2, 0.25) is 5.02 Å². The van der Waals surface area contributed by atoms with Crippen LogP contribution < -0.4 is 10.1 Å². The van der Waals surface area contributed by atoms with Crippen molar-refractivity contribution in [3.8, 4) is 5.75 Å². The van der Waals surface area contributed by atoms with Gasteiger partial charge in [-0.05, 0) is 59.8 Å². The maximum atomic E-state index is 13.3. The lowest BCUT2D eigenvalue weighted by Gasteiger charge is -2.13. The van der Waals surface area contributed by atoms with Gasteiger partial charge >= 0.3 is 0 Å². The molecule has 1 fully saturated rings. The first-order valence-electron chi connectivity index (χ1n) is 10.3. The van der Waals surface area contributed by atoms with Crippen molar-refractivity contribution in [2.75, 3.05) is 11.9 Å². The number of amides is 3. The van der Waals surface area contributed by atoms with E-state index >= 15 is 0 Å². The third kappa shape index (κ3) is 6.30. The van der Waals surface area contributed by atoms with Crippen LogP contribution in [-0.4, -0.2) is 28.5 Å². The summed E-state index contributed by atoms with van der Waals surface area (Å²) in [5.41, 5.74) is 1.83. The smallest absolute Gasteiger partial charge is 0.294 e. The first kappa shape index (κ1) is 25.0. The molecular weight excluding hydrogens is 559 g/mol. The summed E-state index contributed by atoms with van der Waals surface area (Å²) in [7, 11) is 0. The van der Waals surface area contributed by atoms with Crippen molar-refractivity contribution in [2.24, 2.45) is 0 Å². The molecule has 4 rings (SSSR count). The first-order valence-corrected chi connectivity index (χ1v) is 12.3. The van der Waals surface area contributed by atoms with E-state index in [9.17, 15) is 18.8 Å². The van der Waals surface area contributed by atoms with Crippen LogP contribution in [0.3, 0.4) is 0 Å². The number of nitrogens with zero attached hydrogens (tertiary/aromatic N) is 1. The fourth-order valence-corrected chi connectivity index (χ4v) is 4.58. The van der Waals surface area contributed by atoms with E-state index in [2.05, 4.69) is 21.2 Å². The maximum Gasteiger partial charge on any atom is 0.294 e. The molecule has 0 aliphatic carbocycles. The van der Waals surface area contributed by atoms with Gasteiger partial charge in [-0.3, -0.25) is 19.3 Å². The molecule has 0 radical (unpaired) electrons. The molecule has 3 aromatic rings. The Morgan fingerprint density at radius 1 is 1.11 bits per heavy atom. The molecule has 178 valence electrons. The number of anilines is 1. The molecule has 0 atom stereocenters. The van der Waals surface area contributed by atoms with Gasteiger partial charge in [0.15, 0.2) is 0 Å². The summed E-state index contributed by atoms with van der Waals surface area (Å²) in [5, 5.41) is 1.77. The van der Waals surface area contributed by atoms with E-state index < -0.39 is 29.4 Å². The Labute approximate surface area is 218 Å². The summed E-state index contributed by atoms with van der Waals surface area (Å²) in [6, 6.07) is 18.7. The molecule has 0 spiro atoms. The summed E-state index contributed by atoms with van der Waals surface area (Å²) in [5.74, 6) is -1.30. The van der Waals surface area contributed by atoms with Crippen LogP contribution in [0.1, 0.15) is 11.1 Å². The molecule has 0 bridgehead atoms. The molecule has 0 aromatic heterocycles. The predicted octanol–water partition coefficient (Wildman–Crippen LogP) is 6.50. The Morgan fingerprint density at radius 2 is 1.89 bits per heavy atom. The van der Waals surface area contributed by atoms with Gasteiger partial charge in [0.05, 0.1) is 9.93 Å². The van der Waals surface area contributed by atoms with Gasteiger partial charge in [0.2, 0.25) is 5.91 Å². The third-order valence-electron chi connectivity index (χ3n) is 4.87. The summed E-state index contributed by atoms with van der Waals surface area (Å²) < 4.78 is 20.0. The molecule has 1 aliphatic rings. The quantitative estimate of drug-likeness (QED) is 0.326. The molecule has 0 saturated carbocycles. The fraction of sp³-hybridized carbons (Fsp3) is 0.0800. The number of halogens is 3. The average molecular weight is 576 g/mol. The van der Waals surface area contributed by atoms with Crippen molar-refractivity contribution >= 4 is 68.1 Å². The zero-order valence-electron chi connectivity index (χ0n) is 18.0. The second kappa shape index (κ2) is 11.1. The highest BCUT2D eigenvalue weighted by Gasteiger charge is 2.36. The summed E-state index contributed by atoms with van der Waals surface area (Å²) in [6.07, 6.45) is 1.56. The van der Waals surface area contributed by atoms with Crippen LogP contribution in [0.25, 0.3) is 6.08 Å². The van der Waals surface area contributed by atoms with Crippen molar-refractivity contribution in [2.45, 2.75) is 6.61 Å². The number of rotatable bonds is 7. The van der Waals surface area contributed by atoms with Gasteiger partial charge in [-0.2, -0.15) is 0 Å². The van der Waals surface area contributed by atoms with Gasteiger partial charge in [0, 0.05) is 15.7 Å². The molecule has 1 aliphatic heterocycles. The van der Waals surface area contributed by atoms with E-state index in [4.69, 9.17) is 16.3 Å². The Morgan fingerprint density at radius 3 is 2.63 bits per heavy atom. The van der Waals surface area contributed by atoms with Crippen molar-refractivity contribution < 1.29 is 23.5 Å². The second-order valence-electron chi connectivity index (χ2n) is 7.40. The molecule has 6 nitrogen and oxygen atoms in total. The second-order valence-corrected chi connectivity index (χ2v) is 9.72. The lowest BCUT2D eigenvalue weighted by molar-refractivity contribution is -0.127. The number of ether oxygens (including phenoxy) is 1. The summed E-state index contributed by atoms with van der Waals surface area (Å²) in [6.45, 7) is -0.161. The minimum Gasteiger partial charge on any atom is -0.488 e. The van der Waals surface area contributed by atoms with Crippen molar-refractivity contribution in [1.29, 1.82) is 0 Å². The van der Waals surface area contributed by atoms with Crippen LogP contribution in [0.4, 0.5) is 14.9 Å². The number of imide groups is 1. The topological polar surface area (TPSA) is 75.7 Å². The lowest BCUT2D eigenvalue weighted by atomic mass is 10.1. The van der Waals surface area contributed by atoms with Crippen molar-refractivity contribution in [1.82, 2.24) is 4.90 Å². The summed E-state index contributed by atoms with van der Waals surface area (Å²) >= 11 is 9.87. The Bertz CT molecular complexity index is 1340. The van der Waals surface area contributed by atoms with E-state index in [0.717, 1.165) is 32.8 Å². The number of hydrogen-bond acceptors (Lipinski definition) is 5. The highest BCUT2D eigenvalue weighted by Crippen LogP contribution is 2.35. The van der Waals surface area contributed by atoms with Gasteiger partial charge in [-0.25, -0.2) is 4.39 Å². The molecular formula is C25H17BrClFN2O4S. The van der Waals surface area contributed by atoms with Gasteiger partial charge in [0.25, 0.3) is 11.1 Å². The van der Waals surface area contributed by atoms with Crippen LogP contribution in [0.15, 0.2) is 76.1 Å². The minimum absolute atomic E-state index is 0.156. The van der Waals surface area contributed by atoms with Gasteiger partial charge < -0.3 is 10.1 Å². The van der Waals surface area contributed by atoms with Crippen molar-refractivity contribution in [3.63, 3.8) is 0 Å². The number of hydrogen-bond donors (Lipinski definition) is 1. The average Bonchev–Trinajstić information content (AvgIpc) is 3.09. The molecule has 3 aromatic carbocycles.